The average molecular weight is 309 g/mol. The molecule has 2 rings (SSSR count). The van der Waals surface area contributed by atoms with Crippen LogP contribution in [0, 0.1) is 6.92 Å². The van der Waals surface area contributed by atoms with Crippen LogP contribution in [0.15, 0.2) is 39.2 Å². The summed E-state index contributed by atoms with van der Waals surface area (Å²) >= 11 is 3.30. The van der Waals surface area contributed by atoms with Gasteiger partial charge in [-0.25, -0.2) is 0 Å². The van der Waals surface area contributed by atoms with E-state index in [2.05, 4.69) is 21.2 Å². The zero-order valence-electron chi connectivity index (χ0n) is 9.87. The number of benzene rings is 1. The summed E-state index contributed by atoms with van der Waals surface area (Å²) in [7, 11) is 0. The lowest BCUT2D eigenvalue weighted by molar-refractivity contribution is 0.0948. The van der Waals surface area contributed by atoms with Gasteiger partial charge in [0.15, 0.2) is 0 Å². The maximum Gasteiger partial charge on any atom is 0.251 e. The molecule has 3 N–H and O–H groups in total. The largest absolute Gasteiger partial charge is 0.465 e. The number of hydrogen-bond donors (Lipinski definition) is 2. The summed E-state index contributed by atoms with van der Waals surface area (Å²) in [5, 5.41) is 2.77. The van der Waals surface area contributed by atoms with Gasteiger partial charge < -0.3 is 15.5 Å². The van der Waals surface area contributed by atoms with Crippen molar-refractivity contribution in [1.29, 1.82) is 0 Å². The van der Waals surface area contributed by atoms with Gasteiger partial charge in [0.05, 0.1) is 6.54 Å². The Morgan fingerprint density at radius 1 is 1.39 bits per heavy atom. The van der Waals surface area contributed by atoms with E-state index in [9.17, 15) is 4.79 Å². The monoisotopic (exact) mass is 308 g/mol. The molecule has 0 aliphatic heterocycles. The molecule has 0 radical (unpaired) electrons. The minimum atomic E-state index is -0.183. The van der Waals surface area contributed by atoms with Crippen LogP contribution in [0.5, 0.6) is 0 Å². The molecule has 1 amide bonds. The summed E-state index contributed by atoms with van der Waals surface area (Å²) in [5.74, 6) is 1.37. The molecule has 0 spiro atoms. The van der Waals surface area contributed by atoms with Crippen LogP contribution >= 0.6 is 15.9 Å². The van der Waals surface area contributed by atoms with E-state index in [1.807, 2.05) is 19.1 Å². The number of nitrogens with one attached hydrogen (secondary N) is 1. The third-order valence-electron chi connectivity index (χ3n) is 2.40. The second kappa shape index (κ2) is 5.27. The van der Waals surface area contributed by atoms with Crippen LogP contribution in [0.1, 0.15) is 21.9 Å². The number of halogens is 1. The molecule has 18 heavy (non-hydrogen) atoms. The minimum absolute atomic E-state index is 0.183. The van der Waals surface area contributed by atoms with E-state index in [-0.39, 0.29) is 5.91 Å². The molecule has 0 unspecified atom stereocenters. The van der Waals surface area contributed by atoms with E-state index in [0.717, 1.165) is 16.0 Å². The minimum Gasteiger partial charge on any atom is -0.465 e. The molecule has 4 nitrogen and oxygen atoms in total. The number of carbonyl (C=O) groups is 1. The molecule has 0 fully saturated rings. The van der Waals surface area contributed by atoms with Crippen molar-refractivity contribution >= 4 is 27.5 Å². The fourth-order valence-electron chi connectivity index (χ4n) is 1.59. The highest BCUT2D eigenvalue weighted by Crippen LogP contribution is 2.17. The van der Waals surface area contributed by atoms with Crippen LogP contribution < -0.4 is 11.1 Å². The summed E-state index contributed by atoms with van der Waals surface area (Å²) in [6.07, 6.45) is 0. The number of amides is 1. The number of hydrogen-bond acceptors (Lipinski definition) is 3. The topological polar surface area (TPSA) is 68.3 Å². The summed E-state index contributed by atoms with van der Waals surface area (Å²) in [6.45, 7) is 2.22. The zero-order chi connectivity index (χ0) is 13.1. The fourth-order valence-corrected chi connectivity index (χ4v) is 2.10. The van der Waals surface area contributed by atoms with E-state index in [0.29, 0.717) is 17.8 Å². The first-order valence-corrected chi connectivity index (χ1v) is 6.23. The number of nitrogens with two attached hydrogens (primary N) is 1. The molecule has 0 saturated carbocycles. The Morgan fingerprint density at radius 3 is 2.78 bits per heavy atom. The van der Waals surface area contributed by atoms with Gasteiger partial charge in [-0.2, -0.15) is 0 Å². The van der Waals surface area contributed by atoms with Crippen molar-refractivity contribution in [1.82, 2.24) is 5.32 Å². The standard InChI is InChI=1S/C13H13BrN2O2/c1-8-2-3-12(18-8)7-16-13(17)9-4-10(14)6-11(15)5-9/h2-6H,7,15H2,1H3,(H,16,17). The van der Waals surface area contributed by atoms with Crippen LogP contribution in [0.4, 0.5) is 5.69 Å². The molecule has 0 aliphatic carbocycles. The van der Waals surface area contributed by atoms with E-state index in [1.54, 1.807) is 18.2 Å². The molecule has 0 aliphatic rings. The average Bonchev–Trinajstić information content (AvgIpc) is 2.70. The van der Waals surface area contributed by atoms with Gasteiger partial charge in [-0.05, 0) is 37.3 Å². The molecule has 2 aromatic rings. The Morgan fingerprint density at radius 2 is 2.17 bits per heavy atom. The quantitative estimate of drug-likeness (QED) is 0.857. The van der Waals surface area contributed by atoms with Crippen LogP contribution in [0.2, 0.25) is 0 Å². The SMILES string of the molecule is Cc1ccc(CNC(=O)c2cc(N)cc(Br)c2)o1. The molecule has 1 aromatic carbocycles. The second-order valence-electron chi connectivity index (χ2n) is 3.97. The highest BCUT2D eigenvalue weighted by atomic mass is 79.9. The first-order valence-electron chi connectivity index (χ1n) is 5.44. The zero-order valence-corrected chi connectivity index (χ0v) is 11.5. The van der Waals surface area contributed by atoms with Gasteiger partial charge in [0.2, 0.25) is 0 Å². The van der Waals surface area contributed by atoms with Gasteiger partial charge >= 0.3 is 0 Å². The summed E-state index contributed by atoms with van der Waals surface area (Å²) in [6, 6.07) is 8.79. The van der Waals surface area contributed by atoms with E-state index in [1.165, 1.54) is 0 Å². The van der Waals surface area contributed by atoms with Crippen molar-refractivity contribution in [3.05, 3.63) is 51.9 Å². The number of rotatable bonds is 3. The summed E-state index contributed by atoms with van der Waals surface area (Å²) in [4.78, 5) is 11.9. The number of carbonyl (C=O) groups excluding carboxylic acids is 1. The molecule has 1 heterocycles. The highest BCUT2D eigenvalue weighted by Gasteiger charge is 2.08. The third-order valence-corrected chi connectivity index (χ3v) is 2.86. The maximum absolute atomic E-state index is 11.9. The number of aryl methyl sites for hydroxylation is 1. The van der Waals surface area contributed by atoms with Gasteiger partial charge in [0.25, 0.3) is 5.91 Å². The number of nitrogen functional groups attached to an aromatic ring is 1. The first kappa shape index (κ1) is 12.7. The van der Waals surface area contributed by atoms with Crippen molar-refractivity contribution in [2.24, 2.45) is 0 Å². The van der Waals surface area contributed by atoms with Crippen molar-refractivity contribution in [2.45, 2.75) is 13.5 Å². The van der Waals surface area contributed by atoms with Gasteiger partial charge in [0.1, 0.15) is 11.5 Å². The first-order chi connectivity index (χ1) is 8.54. The molecular weight excluding hydrogens is 296 g/mol. The Hall–Kier alpha value is -1.75. The van der Waals surface area contributed by atoms with Gasteiger partial charge in [0, 0.05) is 15.7 Å². The Labute approximate surface area is 113 Å². The van der Waals surface area contributed by atoms with E-state index >= 15 is 0 Å². The Bertz CT molecular complexity index is 558. The normalized spacial score (nSPS) is 10.3. The van der Waals surface area contributed by atoms with Crippen molar-refractivity contribution in [2.75, 3.05) is 5.73 Å². The lowest BCUT2D eigenvalue weighted by Gasteiger charge is -2.05. The van der Waals surface area contributed by atoms with Gasteiger partial charge in [-0.15, -0.1) is 0 Å². The van der Waals surface area contributed by atoms with Crippen LogP contribution in [0.25, 0.3) is 0 Å². The Balaban J connectivity index is 2.03. The molecule has 1 aromatic heterocycles. The van der Waals surface area contributed by atoms with Crippen LogP contribution in [0.3, 0.4) is 0 Å². The maximum atomic E-state index is 11.9. The fraction of sp³-hybridized carbons (Fsp3) is 0.154. The van der Waals surface area contributed by atoms with E-state index < -0.39 is 0 Å². The molecule has 0 saturated heterocycles. The third kappa shape index (κ3) is 3.13. The molecular formula is C13H13BrN2O2. The lowest BCUT2D eigenvalue weighted by Crippen LogP contribution is -2.22. The smallest absolute Gasteiger partial charge is 0.251 e. The predicted octanol–water partition coefficient (Wildman–Crippen LogP) is 2.86. The molecule has 0 atom stereocenters. The summed E-state index contributed by atoms with van der Waals surface area (Å²) in [5.41, 5.74) is 6.74. The predicted molar refractivity (Wildman–Crippen MR) is 73.2 cm³/mol. The Kier molecular flexibility index (Phi) is 3.72. The van der Waals surface area contributed by atoms with Crippen LogP contribution in [-0.4, -0.2) is 5.91 Å². The van der Waals surface area contributed by atoms with Crippen molar-refractivity contribution in [3.63, 3.8) is 0 Å². The second-order valence-corrected chi connectivity index (χ2v) is 4.88. The summed E-state index contributed by atoms with van der Waals surface area (Å²) < 4.78 is 6.15. The van der Waals surface area contributed by atoms with Gasteiger partial charge in [-0.1, -0.05) is 15.9 Å². The number of anilines is 1. The highest BCUT2D eigenvalue weighted by molar-refractivity contribution is 9.10. The van der Waals surface area contributed by atoms with Gasteiger partial charge in [-0.3, -0.25) is 4.79 Å². The molecule has 5 heteroatoms. The molecule has 94 valence electrons. The van der Waals surface area contributed by atoms with Crippen LogP contribution in [-0.2, 0) is 6.54 Å². The molecule has 0 bridgehead atoms. The van der Waals surface area contributed by atoms with Crippen molar-refractivity contribution < 1.29 is 9.21 Å². The van der Waals surface area contributed by atoms with E-state index in [4.69, 9.17) is 10.2 Å². The lowest BCUT2D eigenvalue weighted by atomic mass is 10.2. The number of furan rings is 1. The van der Waals surface area contributed by atoms with Crippen molar-refractivity contribution in [3.8, 4) is 0 Å².